The number of piperidine rings is 1. The lowest BCUT2D eigenvalue weighted by Gasteiger charge is -2.38. The Hall–Kier alpha value is -0.0800. The molecule has 1 saturated heterocycles. The lowest BCUT2D eigenvalue weighted by atomic mass is 9.89. The van der Waals surface area contributed by atoms with Gasteiger partial charge in [0.1, 0.15) is 0 Å². The molecule has 2 nitrogen and oxygen atoms in total. The Morgan fingerprint density at radius 2 is 2.14 bits per heavy atom. The van der Waals surface area contributed by atoms with E-state index < -0.39 is 0 Å². The van der Waals surface area contributed by atoms with Crippen LogP contribution in [0.3, 0.4) is 0 Å². The number of hydrogen-bond acceptors (Lipinski definition) is 2. The fourth-order valence-corrected chi connectivity index (χ4v) is 2.58. The third kappa shape index (κ3) is 3.25. The summed E-state index contributed by atoms with van der Waals surface area (Å²) in [5.74, 6) is 1.66. The van der Waals surface area contributed by atoms with Gasteiger partial charge in [0.15, 0.2) is 0 Å². The molecular weight excluding hydrogens is 172 g/mol. The van der Waals surface area contributed by atoms with Crippen LogP contribution in [-0.2, 0) is 0 Å². The summed E-state index contributed by atoms with van der Waals surface area (Å²) in [5, 5.41) is 3.45. The van der Waals surface area contributed by atoms with Gasteiger partial charge >= 0.3 is 0 Å². The van der Waals surface area contributed by atoms with Crippen molar-refractivity contribution in [3.8, 4) is 0 Å². The van der Waals surface area contributed by atoms with E-state index in [0.717, 1.165) is 17.9 Å². The molecule has 2 unspecified atom stereocenters. The van der Waals surface area contributed by atoms with Crippen LogP contribution >= 0.6 is 0 Å². The van der Waals surface area contributed by atoms with E-state index >= 15 is 0 Å². The van der Waals surface area contributed by atoms with Crippen LogP contribution in [0.15, 0.2) is 0 Å². The number of likely N-dealkylation sites (tertiary alicyclic amines) is 1. The van der Waals surface area contributed by atoms with Crippen LogP contribution in [0.1, 0.15) is 33.6 Å². The molecule has 1 fully saturated rings. The van der Waals surface area contributed by atoms with Gasteiger partial charge in [0.25, 0.3) is 0 Å². The Kier molecular flexibility index (Phi) is 4.90. The second kappa shape index (κ2) is 5.72. The third-order valence-corrected chi connectivity index (χ3v) is 3.34. The van der Waals surface area contributed by atoms with Gasteiger partial charge in [-0.3, -0.25) is 0 Å². The van der Waals surface area contributed by atoms with E-state index in [9.17, 15) is 0 Å². The summed E-state index contributed by atoms with van der Waals surface area (Å²) in [5.41, 5.74) is 0. The van der Waals surface area contributed by atoms with Crippen molar-refractivity contribution >= 4 is 0 Å². The minimum absolute atomic E-state index is 0.753. The number of nitrogens with one attached hydrogen (secondary N) is 1. The first-order valence-corrected chi connectivity index (χ1v) is 6.07. The predicted octanol–water partition coefficient (Wildman–Crippen LogP) is 1.96. The lowest BCUT2D eigenvalue weighted by molar-refractivity contribution is 0.127. The van der Waals surface area contributed by atoms with Crippen LogP contribution in [0.25, 0.3) is 0 Å². The van der Waals surface area contributed by atoms with Crippen molar-refractivity contribution in [3.05, 3.63) is 0 Å². The molecule has 1 aliphatic rings. The summed E-state index contributed by atoms with van der Waals surface area (Å²) in [7, 11) is 2.10. The smallest absolute Gasteiger partial charge is 0.0117 e. The van der Waals surface area contributed by atoms with E-state index in [1.807, 2.05) is 0 Å². The molecule has 1 N–H and O–H groups in total. The highest BCUT2D eigenvalue weighted by atomic mass is 15.1. The molecule has 0 aliphatic carbocycles. The fraction of sp³-hybridized carbons (Fsp3) is 1.00. The number of nitrogens with zero attached hydrogens (tertiary/aromatic N) is 1. The van der Waals surface area contributed by atoms with Crippen molar-refractivity contribution < 1.29 is 0 Å². The van der Waals surface area contributed by atoms with Crippen LogP contribution in [-0.4, -0.2) is 37.6 Å². The van der Waals surface area contributed by atoms with Gasteiger partial charge in [-0.1, -0.05) is 27.2 Å². The Morgan fingerprint density at radius 1 is 1.43 bits per heavy atom. The van der Waals surface area contributed by atoms with Gasteiger partial charge in [-0.05, 0) is 31.8 Å². The Labute approximate surface area is 89.1 Å². The van der Waals surface area contributed by atoms with E-state index in [0.29, 0.717) is 0 Å². The number of rotatable bonds is 4. The summed E-state index contributed by atoms with van der Waals surface area (Å²) in [4.78, 5) is 2.63. The molecule has 0 aromatic heterocycles. The van der Waals surface area contributed by atoms with Crippen molar-refractivity contribution in [2.24, 2.45) is 11.8 Å². The average molecular weight is 198 g/mol. The molecule has 1 heterocycles. The van der Waals surface area contributed by atoms with Gasteiger partial charge in [0.2, 0.25) is 0 Å². The maximum atomic E-state index is 3.45. The Morgan fingerprint density at radius 3 is 2.64 bits per heavy atom. The molecular formula is C12H26N2. The Balaban J connectivity index is 2.40. The van der Waals surface area contributed by atoms with E-state index in [-0.39, 0.29) is 0 Å². The van der Waals surface area contributed by atoms with Crippen LogP contribution in [0.5, 0.6) is 0 Å². The Bertz CT molecular complexity index is 156. The summed E-state index contributed by atoms with van der Waals surface area (Å²) >= 11 is 0. The normalized spacial score (nSPS) is 29.8. The highest BCUT2D eigenvalue weighted by Gasteiger charge is 2.26. The van der Waals surface area contributed by atoms with E-state index in [2.05, 4.69) is 38.0 Å². The van der Waals surface area contributed by atoms with Crippen molar-refractivity contribution in [3.63, 3.8) is 0 Å². The zero-order chi connectivity index (χ0) is 10.6. The molecule has 0 radical (unpaired) electrons. The minimum atomic E-state index is 0.753. The second-order valence-corrected chi connectivity index (χ2v) is 5.01. The van der Waals surface area contributed by atoms with Crippen molar-refractivity contribution in [2.45, 2.75) is 39.7 Å². The number of hydrogen-bond donors (Lipinski definition) is 1. The molecule has 84 valence electrons. The lowest BCUT2D eigenvalue weighted by Crippen LogP contribution is -2.48. The van der Waals surface area contributed by atoms with Crippen LogP contribution in [0.2, 0.25) is 0 Å². The fourth-order valence-electron chi connectivity index (χ4n) is 2.58. The molecule has 14 heavy (non-hydrogen) atoms. The van der Waals surface area contributed by atoms with Gasteiger partial charge in [0.05, 0.1) is 0 Å². The predicted molar refractivity (Wildman–Crippen MR) is 62.5 cm³/mol. The first kappa shape index (κ1) is 12.0. The summed E-state index contributed by atoms with van der Waals surface area (Å²) in [6.45, 7) is 10.8. The summed E-state index contributed by atoms with van der Waals surface area (Å²) in [6, 6.07) is 0.753. The summed E-state index contributed by atoms with van der Waals surface area (Å²) < 4.78 is 0. The zero-order valence-corrected chi connectivity index (χ0v) is 10.2. The first-order valence-electron chi connectivity index (χ1n) is 6.07. The molecule has 2 atom stereocenters. The molecule has 0 aromatic carbocycles. The molecule has 1 rings (SSSR count). The SMILES string of the molecule is CCC1CN(CC(C)C)CCC1NC. The van der Waals surface area contributed by atoms with Gasteiger partial charge in [-0.25, -0.2) is 0 Å². The molecule has 0 amide bonds. The second-order valence-electron chi connectivity index (χ2n) is 5.01. The maximum Gasteiger partial charge on any atom is 0.0117 e. The maximum absolute atomic E-state index is 3.45. The van der Waals surface area contributed by atoms with Crippen molar-refractivity contribution in [2.75, 3.05) is 26.7 Å². The molecule has 2 heteroatoms. The van der Waals surface area contributed by atoms with E-state index in [4.69, 9.17) is 0 Å². The quantitative estimate of drug-likeness (QED) is 0.743. The van der Waals surface area contributed by atoms with Gasteiger partial charge in [-0.15, -0.1) is 0 Å². The molecule has 0 bridgehead atoms. The van der Waals surface area contributed by atoms with Gasteiger partial charge < -0.3 is 10.2 Å². The molecule has 1 aliphatic heterocycles. The molecule has 0 saturated carbocycles. The van der Waals surface area contributed by atoms with Crippen LogP contribution < -0.4 is 5.32 Å². The minimum Gasteiger partial charge on any atom is -0.317 e. The largest absolute Gasteiger partial charge is 0.317 e. The average Bonchev–Trinajstić information content (AvgIpc) is 2.16. The van der Waals surface area contributed by atoms with Gasteiger partial charge in [-0.2, -0.15) is 0 Å². The van der Waals surface area contributed by atoms with E-state index in [1.165, 1.54) is 32.5 Å². The highest BCUT2D eigenvalue weighted by molar-refractivity contribution is 4.83. The van der Waals surface area contributed by atoms with Crippen LogP contribution in [0, 0.1) is 11.8 Å². The van der Waals surface area contributed by atoms with Crippen LogP contribution in [0.4, 0.5) is 0 Å². The standard InChI is InChI=1S/C12H26N2/c1-5-11-9-14(8-10(2)3)7-6-12(11)13-4/h10-13H,5-9H2,1-4H3. The highest BCUT2D eigenvalue weighted by Crippen LogP contribution is 2.20. The van der Waals surface area contributed by atoms with E-state index in [1.54, 1.807) is 0 Å². The topological polar surface area (TPSA) is 15.3 Å². The summed E-state index contributed by atoms with van der Waals surface area (Å²) in [6.07, 6.45) is 2.63. The molecule has 0 spiro atoms. The van der Waals surface area contributed by atoms with Crippen molar-refractivity contribution in [1.29, 1.82) is 0 Å². The molecule has 0 aromatic rings. The van der Waals surface area contributed by atoms with Gasteiger partial charge in [0, 0.05) is 19.1 Å². The first-order chi connectivity index (χ1) is 6.67. The van der Waals surface area contributed by atoms with Crippen molar-refractivity contribution in [1.82, 2.24) is 10.2 Å². The zero-order valence-electron chi connectivity index (χ0n) is 10.2. The third-order valence-electron chi connectivity index (χ3n) is 3.34. The monoisotopic (exact) mass is 198 g/mol.